The molecule has 0 saturated carbocycles. The smallest absolute Gasteiger partial charge is 0.338 e. The maximum atomic E-state index is 12.9. The number of benzene rings is 1. The number of thioether (sulfide) groups is 1. The lowest BCUT2D eigenvalue weighted by atomic mass is 9.94. The summed E-state index contributed by atoms with van der Waals surface area (Å²) < 4.78 is 11.0. The molecule has 150 valence electrons. The highest BCUT2D eigenvalue weighted by molar-refractivity contribution is 8.14. The van der Waals surface area contributed by atoms with Gasteiger partial charge in [-0.15, -0.1) is 0 Å². The number of carbonyl (C=O) groups is 2. The van der Waals surface area contributed by atoms with Crippen molar-refractivity contribution in [1.82, 2.24) is 4.90 Å². The number of ether oxygens (including phenoxy) is 2. The standard InChI is InChI=1S/C21H26N2O4S/c1-5-26-16-8-6-15(7-9-16)19-18(20(25)27-12-13(2)3)14(4)22-21-23(19)17(24)10-11-28-21/h6-9,13,19H,5,10-12H2,1-4H3. The van der Waals surface area contributed by atoms with Crippen LogP contribution >= 0.6 is 11.8 Å². The van der Waals surface area contributed by atoms with Gasteiger partial charge in [0, 0.05) is 12.2 Å². The molecule has 1 unspecified atom stereocenters. The Kier molecular flexibility index (Phi) is 6.44. The summed E-state index contributed by atoms with van der Waals surface area (Å²) in [7, 11) is 0. The fourth-order valence-electron chi connectivity index (χ4n) is 3.21. The van der Waals surface area contributed by atoms with Crippen LogP contribution in [0.15, 0.2) is 40.5 Å². The molecule has 6 nitrogen and oxygen atoms in total. The highest BCUT2D eigenvalue weighted by Crippen LogP contribution is 2.40. The highest BCUT2D eigenvalue weighted by atomic mass is 32.2. The third kappa shape index (κ3) is 4.24. The molecule has 0 aliphatic carbocycles. The maximum Gasteiger partial charge on any atom is 0.338 e. The third-order valence-electron chi connectivity index (χ3n) is 4.48. The second-order valence-electron chi connectivity index (χ2n) is 7.15. The van der Waals surface area contributed by atoms with E-state index in [0.717, 1.165) is 11.3 Å². The van der Waals surface area contributed by atoms with E-state index in [2.05, 4.69) is 4.99 Å². The summed E-state index contributed by atoms with van der Waals surface area (Å²) in [4.78, 5) is 31.9. The zero-order chi connectivity index (χ0) is 20.3. The van der Waals surface area contributed by atoms with Gasteiger partial charge in [0.05, 0.1) is 30.5 Å². The first-order chi connectivity index (χ1) is 13.4. The van der Waals surface area contributed by atoms with E-state index in [4.69, 9.17) is 9.47 Å². The van der Waals surface area contributed by atoms with E-state index < -0.39 is 12.0 Å². The molecule has 1 aromatic rings. The van der Waals surface area contributed by atoms with Crippen LogP contribution in [0.5, 0.6) is 5.75 Å². The summed E-state index contributed by atoms with van der Waals surface area (Å²) in [5.74, 6) is 1.22. The first-order valence-corrected chi connectivity index (χ1v) is 10.5. The third-order valence-corrected chi connectivity index (χ3v) is 5.44. The largest absolute Gasteiger partial charge is 0.494 e. The summed E-state index contributed by atoms with van der Waals surface area (Å²) >= 11 is 1.54. The Morgan fingerprint density at radius 2 is 2.04 bits per heavy atom. The van der Waals surface area contributed by atoms with E-state index in [-0.39, 0.29) is 11.8 Å². The molecule has 1 saturated heterocycles. The van der Waals surface area contributed by atoms with Crippen molar-refractivity contribution in [3.05, 3.63) is 41.1 Å². The molecule has 7 heteroatoms. The van der Waals surface area contributed by atoms with Crippen molar-refractivity contribution in [3.63, 3.8) is 0 Å². The van der Waals surface area contributed by atoms with Gasteiger partial charge in [-0.3, -0.25) is 9.69 Å². The van der Waals surface area contributed by atoms with Crippen LogP contribution in [0.4, 0.5) is 0 Å². The number of esters is 1. The lowest BCUT2D eigenvalue weighted by Gasteiger charge is -2.39. The van der Waals surface area contributed by atoms with Gasteiger partial charge in [0.25, 0.3) is 0 Å². The molecule has 1 atom stereocenters. The Morgan fingerprint density at radius 1 is 1.32 bits per heavy atom. The number of nitrogens with zero attached hydrogens (tertiary/aromatic N) is 2. The molecule has 0 spiro atoms. The van der Waals surface area contributed by atoms with Gasteiger partial charge in [0.2, 0.25) is 5.91 Å². The maximum absolute atomic E-state index is 12.9. The van der Waals surface area contributed by atoms with Crippen LogP contribution in [0, 0.1) is 5.92 Å². The van der Waals surface area contributed by atoms with Gasteiger partial charge in [0.15, 0.2) is 5.17 Å². The molecule has 3 rings (SSSR count). The quantitative estimate of drug-likeness (QED) is 0.674. The number of allylic oxidation sites excluding steroid dienone is 1. The molecule has 0 aromatic heterocycles. The molecule has 2 aliphatic heterocycles. The van der Waals surface area contributed by atoms with E-state index in [1.165, 1.54) is 0 Å². The molecule has 2 heterocycles. The Hall–Kier alpha value is -2.28. The zero-order valence-electron chi connectivity index (χ0n) is 16.7. The van der Waals surface area contributed by atoms with Crippen LogP contribution in [0.1, 0.15) is 45.7 Å². The monoisotopic (exact) mass is 402 g/mol. The van der Waals surface area contributed by atoms with Crippen molar-refractivity contribution in [2.75, 3.05) is 19.0 Å². The van der Waals surface area contributed by atoms with Crippen LogP contribution in [0.3, 0.4) is 0 Å². The van der Waals surface area contributed by atoms with Crippen molar-refractivity contribution < 1.29 is 19.1 Å². The summed E-state index contributed by atoms with van der Waals surface area (Å²) in [6.07, 6.45) is 0.421. The lowest BCUT2D eigenvalue weighted by Crippen LogP contribution is -2.45. The molecule has 2 aliphatic rings. The average molecular weight is 403 g/mol. The summed E-state index contributed by atoms with van der Waals surface area (Å²) in [6.45, 7) is 8.60. The molecule has 28 heavy (non-hydrogen) atoms. The van der Waals surface area contributed by atoms with Gasteiger partial charge >= 0.3 is 5.97 Å². The molecule has 0 bridgehead atoms. The second kappa shape index (κ2) is 8.82. The first kappa shape index (κ1) is 20.5. The molecule has 1 amide bonds. The molecule has 1 fully saturated rings. The van der Waals surface area contributed by atoms with Crippen molar-refractivity contribution >= 4 is 28.8 Å². The number of fused-ring (bicyclic) bond motifs is 1. The normalized spacial score (nSPS) is 19.5. The fraction of sp³-hybridized carbons (Fsp3) is 0.476. The van der Waals surface area contributed by atoms with E-state index in [1.807, 2.05) is 45.0 Å². The van der Waals surface area contributed by atoms with Gasteiger partial charge in [-0.1, -0.05) is 37.7 Å². The summed E-state index contributed by atoms with van der Waals surface area (Å²) in [6, 6.07) is 6.97. The predicted octanol–water partition coefficient (Wildman–Crippen LogP) is 3.93. The van der Waals surface area contributed by atoms with Crippen molar-refractivity contribution in [2.24, 2.45) is 10.9 Å². The Morgan fingerprint density at radius 3 is 2.68 bits per heavy atom. The molecule has 1 aromatic carbocycles. The molecular weight excluding hydrogens is 376 g/mol. The average Bonchev–Trinajstić information content (AvgIpc) is 2.66. The van der Waals surface area contributed by atoms with Gasteiger partial charge < -0.3 is 9.47 Å². The number of amides is 1. The predicted molar refractivity (Wildman–Crippen MR) is 110 cm³/mol. The first-order valence-electron chi connectivity index (χ1n) is 9.56. The number of carbonyl (C=O) groups excluding carboxylic acids is 2. The minimum Gasteiger partial charge on any atom is -0.494 e. The van der Waals surface area contributed by atoms with Crippen molar-refractivity contribution in [1.29, 1.82) is 0 Å². The SMILES string of the molecule is CCOc1ccc(C2C(C(=O)OCC(C)C)=C(C)N=C3SCCC(=O)N32)cc1. The number of hydrogen-bond acceptors (Lipinski definition) is 6. The van der Waals surface area contributed by atoms with Crippen LogP contribution in [-0.4, -0.2) is 40.9 Å². The number of rotatable bonds is 6. The molecule has 0 radical (unpaired) electrons. The molecule has 0 N–H and O–H groups in total. The number of aliphatic imine (C=N–C) groups is 1. The van der Waals surface area contributed by atoms with Gasteiger partial charge in [-0.25, -0.2) is 9.79 Å². The van der Waals surface area contributed by atoms with Crippen LogP contribution in [-0.2, 0) is 14.3 Å². The van der Waals surface area contributed by atoms with Crippen LogP contribution in [0.2, 0.25) is 0 Å². The summed E-state index contributed by atoms with van der Waals surface area (Å²) in [5, 5.41) is 0.646. The van der Waals surface area contributed by atoms with Crippen molar-refractivity contribution in [3.8, 4) is 5.75 Å². The van der Waals surface area contributed by atoms with Gasteiger partial charge in [0.1, 0.15) is 5.75 Å². The van der Waals surface area contributed by atoms with Crippen LogP contribution in [0.25, 0.3) is 0 Å². The van der Waals surface area contributed by atoms with E-state index >= 15 is 0 Å². The minimum absolute atomic E-state index is 0.0296. The van der Waals surface area contributed by atoms with E-state index in [9.17, 15) is 9.59 Å². The fourth-order valence-corrected chi connectivity index (χ4v) is 4.21. The number of hydrogen-bond donors (Lipinski definition) is 0. The Balaban J connectivity index is 2.03. The summed E-state index contributed by atoms with van der Waals surface area (Å²) in [5.41, 5.74) is 1.85. The molecular formula is C21H26N2O4S. The topological polar surface area (TPSA) is 68.2 Å². The number of amidine groups is 1. The van der Waals surface area contributed by atoms with Gasteiger partial charge in [-0.05, 0) is 37.5 Å². The zero-order valence-corrected chi connectivity index (χ0v) is 17.5. The van der Waals surface area contributed by atoms with E-state index in [1.54, 1.807) is 23.6 Å². The minimum atomic E-state index is -0.539. The highest BCUT2D eigenvalue weighted by Gasteiger charge is 2.41. The lowest BCUT2D eigenvalue weighted by molar-refractivity contribution is -0.141. The van der Waals surface area contributed by atoms with Gasteiger partial charge in [-0.2, -0.15) is 0 Å². The van der Waals surface area contributed by atoms with E-state index in [0.29, 0.717) is 41.8 Å². The Bertz CT molecular complexity index is 814. The second-order valence-corrected chi connectivity index (χ2v) is 8.21. The Labute approximate surface area is 170 Å². The van der Waals surface area contributed by atoms with Crippen LogP contribution < -0.4 is 4.74 Å². The van der Waals surface area contributed by atoms with Crippen molar-refractivity contribution in [2.45, 2.75) is 40.2 Å².